The average Bonchev–Trinajstić information content (AvgIpc) is 2.66. The predicted molar refractivity (Wildman–Crippen MR) is 97.6 cm³/mol. The molecule has 0 atom stereocenters. The van der Waals surface area contributed by atoms with Gasteiger partial charge in [0.15, 0.2) is 0 Å². The lowest BCUT2D eigenvalue weighted by atomic mass is 10.1. The number of rotatable bonds is 7. The van der Waals surface area contributed by atoms with Crippen LogP contribution >= 0.6 is 0 Å². The molecule has 2 amide bonds. The van der Waals surface area contributed by atoms with Gasteiger partial charge in [-0.2, -0.15) is 0 Å². The van der Waals surface area contributed by atoms with Crippen molar-refractivity contribution in [1.29, 1.82) is 0 Å². The van der Waals surface area contributed by atoms with Gasteiger partial charge in [0.05, 0.1) is 4.92 Å². The van der Waals surface area contributed by atoms with Gasteiger partial charge in [-0.05, 0) is 30.2 Å². The SMILES string of the molecule is CCc1ccc(C(=O)NNC(=O)CCNc2ccccc2[N+](=O)[O-])cc1. The van der Waals surface area contributed by atoms with E-state index >= 15 is 0 Å². The van der Waals surface area contributed by atoms with Crippen LogP contribution in [-0.2, 0) is 11.2 Å². The highest BCUT2D eigenvalue weighted by molar-refractivity contribution is 5.95. The molecule has 0 aliphatic carbocycles. The Morgan fingerprint density at radius 1 is 1.04 bits per heavy atom. The Bertz CT molecular complexity index is 790. The maximum Gasteiger partial charge on any atom is 0.292 e. The van der Waals surface area contributed by atoms with Gasteiger partial charge in [-0.3, -0.25) is 30.6 Å². The molecule has 0 unspecified atom stereocenters. The topological polar surface area (TPSA) is 113 Å². The summed E-state index contributed by atoms with van der Waals surface area (Å²) in [5.41, 5.74) is 6.50. The Kier molecular flexibility index (Phi) is 6.67. The number of hydrazine groups is 1. The molecule has 0 radical (unpaired) electrons. The van der Waals surface area contributed by atoms with Crippen molar-refractivity contribution in [3.8, 4) is 0 Å². The maximum atomic E-state index is 11.9. The second-order valence-corrected chi connectivity index (χ2v) is 5.50. The first-order chi connectivity index (χ1) is 12.5. The molecule has 2 rings (SSSR count). The number of aryl methyl sites for hydroxylation is 1. The number of anilines is 1. The molecule has 0 aliphatic rings. The van der Waals surface area contributed by atoms with Crippen LogP contribution in [0.3, 0.4) is 0 Å². The summed E-state index contributed by atoms with van der Waals surface area (Å²) in [6.45, 7) is 2.21. The summed E-state index contributed by atoms with van der Waals surface area (Å²) in [5, 5.41) is 13.8. The fourth-order valence-electron chi connectivity index (χ4n) is 2.25. The predicted octanol–water partition coefficient (Wildman–Crippen LogP) is 2.42. The van der Waals surface area contributed by atoms with Crippen LogP contribution < -0.4 is 16.2 Å². The molecule has 0 fully saturated rings. The molecule has 0 aromatic heterocycles. The molecule has 0 heterocycles. The first-order valence-corrected chi connectivity index (χ1v) is 8.16. The van der Waals surface area contributed by atoms with Gasteiger partial charge in [0, 0.05) is 24.6 Å². The molecule has 8 nitrogen and oxygen atoms in total. The fourth-order valence-corrected chi connectivity index (χ4v) is 2.25. The van der Waals surface area contributed by atoms with E-state index in [2.05, 4.69) is 16.2 Å². The number of nitrogens with zero attached hydrogens (tertiary/aromatic N) is 1. The van der Waals surface area contributed by atoms with E-state index in [0.29, 0.717) is 11.3 Å². The van der Waals surface area contributed by atoms with Gasteiger partial charge in [-0.15, -0.1) is 0 Å². The summed E-state index contributed by atoms with van der Waals surface area (Å²) >= 11 is 0. The molecule has 26 heavy (non-hydrogen) atoms. The standard InChI is InChI=1S/C18H20N4O4/c1-2-13-7-9-14(10-8-13)18(24)21-20-17(23)11-12-19-15-5-3-4-6-16(15)22(25)26/h3-10,19H,2,11-12H2,1H3,(H,20,23)(H,21,24). The number of carbonyl (C=O) groups is 2. The van der Waals surface area contributed by atoms with Crippen molar-refractivity contribution < 1.29 is 14.5 Å². The maximum absolute atomic E-state index is 11.9. The number of benzene rings is 2. The molecular formula is C18H20N4O4. The van der Waals surface area contributed by atoms with Crippen molar-refractivity contribution in [3.05, 3.63) is 69.8 Å². The molecule has 0 aliphatic heterocycles. The van der Waals surface area contributed by atoms with Gasteiger partial charge in [0.1, 0.15) is 5.69 Å². The van der Waals surface area contributed by atoms with Crippen LogP contribution in [0.2, 0.25) is 0 Å². The largest absolute Gasteiger partial charge is 0.379 e. The summed E-state index contributed by atoms with van der Waals surface area (Å²) in [4.78, 5) is 34.2. The van der Waals surface area contributed by atoms with E-state index in [9.17, 15) is 19.7 Å². The van der Waals surface area contributed by atoms with Crippen LogP contribution in [0, 0.1) is 10.1 Å². The van der Waals surface area contributed by atoms with E-state index in [0.717, 1.165) is 12.0 Å². The lowest BCUT2D eigenvalue weighted by Gasteiger charge is -2.09. The zero-order valence-electron chi connectivity index (χ0n) is 14.3. The smallest absolute Gasteiger partial charge is 0.292 e. The van der Waals surface area contributed by atoms with Crippen LogP contribution in [0.5, 0.6) is 0 Å². The van der Waals surface area contributed by atoms with Gasteiger partial charge >= 0.3 is 0 Å². The zero-order chi connectivity index (χ0) is 18.9. The summed E-state index contributed by atoms with van der Waals surface area (Å²) in [6.07, 6.45) is 0.923. The number of nitrogens with one attached hydrogen (secondary N) is 3. The minimum absolute atomic E-state index is 0.0428. The van der Waals surface area contributed by atoms with Gasteiger partial charge in [0.25, 0.3) is 11.6 Å². The van der Waals surface area contributed by atoms with Crippen LogP contribution in [0.1, 0.15) is 29.3 Å². The van der Waals surface area contributed by atoms with Crippen molar-refractivity contribution in [2.24, 2.45) is 0 Å². The van der Waals surface area contributed by atoms with Crippen molar-refractivity contribution in [2.45, 2.75) is 19.8 Å². The molecule has 2 aromatic rings. The van der Waals surface area contributed by atoms with E-state index in [-0.39, 0.29) is 18.7 Å². The first kappa shape index (κ1) is 18.9. The summed E-state index contributed by atoms with van der Waals surface area (Å²) in [5.74, 6) is -0.817. The van der Waals surface area contributed by atoms with Gasteiger partial charge < -0.3 is 5.32 Å². The van der Waals surface area contributed by atoms with Crippen molar-refractivity contribution >= 4 is 23.2 Å². The van der Waals surface area contributed by atoms with Crippen LogP contribution in [-0.4, -0.2) is 23.3 Å². The molecule has 0 spiro atoms. The molecule has 2 aromatic carbocycles. The highest BCUT2D eigenvalue weighted by Crippen LogP contribution is 2.22. The molecule has 136 valence electrons. The van der Waals surface area contributed by atoms with Gasteiger partial charge in [-0.25, -0.2) is 0 Å². The molecular weight excluding hydrogens is 336 g/mol. The Morgan fingerprint density at radius 3 is 2.38 bits per heavy atom. The van der Waals surface area contributed by atoms with E-state index in [1.807, 2.05) is 19.1 Å². The van der Waals surface area contributed by atoms with E-state index < -0.39 is 16.7 Å². The monoisotopic (exact) mass is 356 g/mol. The molecule has 3 N–H and O–H groups in total. The number of nitro benzene ring substituents is 1. The van der Waals surface area contributed by atoms with Gasteiger partial charge in [-0.1, -0.05) is 31.2 Å². The van der Waals surface area contributed by atoms with Crippen molar-refractivity contribution in [1.82, 2.24) is 10.9 Å². The first-order valence-electron chi connectivity index (χ1n) is 8.16. The van der Waals surface area contributed by atoms with E-state index in [4.69, 9.17) is 0 Å². The number of carbonyl (C=O) groups excluding carboxylic acids is 2. The fraction of sp³-hybridized carbons (Fsp3) is 0.222. The summed E-state index contributed by atoms with van der Waals surface area (Å²) in [6, 6.07) is 13.3. The van der Waals surface area contributed by atoms with Crippen LogP contribution in [0.4, 0.5) is 11.4 Å². The van der Waals surface area contributed by atoms with Crippen molar-refractivity contribution in [2.75, 3.05) is 11.9 Å². The third-order valence-corrected chi connectivity index (χ3v) is 3.71. The number of hydrogen-bond acceptors (Lipinski definition) is 5. The Balaban J connectivity index is 1.77. The number of amides is 2. The highest BCUT2D eigenvalue weighted by Gasteiger charge is 2.12. The molecule has 0 bridgehead atoms. The second-order valence-electron chi connectivity index (χ2n) is 5.50. The zero-order valence-corrected chi connectivity index (χ0v) is 14.3. The van der Waals surface area contributed by atoms with Gasteiger partial charge in [0.2, 0.25) is 5.91 Å². The average molecular weight is 356 g/mol. The molecule has 8 heteroatoms. The third-order valence-electron chi connectivity index (χ3n) is 3.71. The number of hydrogen-bond donors (Lipinski definition) is 3. The lowest BCUT2D eigenvalue weighted by Crippen LogP contribution is -2.42. The van der Waals surface area contributed by atoms with Crippen molar-refractivity contribution in [3.63, 3.8) is 0 Å². The molecule has 0 saturated heterocycles. The Labute approximate surface area is 150 Å². The van der Waals surface area contributed by atoms with Crippen LogP contribution in [0.15, 0.2) is 48.5 Å². The van der Waals surface area contributed by atoms with Crippen LogP contribution in [0.25, 0.3) is 0 Å². The highest BCUT2D eigenvalue weighted by atomic mass is 16.6. The Morgan fingerprint density at radius 2 is 1.73 bits per heavy atom. The normalized spacial score (nSPS) is 10.0. The minimum Gasteiger partial charge on any atom is -0.379 e. The van der Waals surface area contributed by atoms with E-state index in [1.165, 1.54) is 6.07 Å². The second kappa shape index (κ2) is 9.16. The summed E-state index contributed by atoms with van der Waals surface area (Å²) < 4.78 is 0. The molecule has 0 saturated carbocycles. The van der Waals surface area contributed by atoms with E-state index in [1.54, 1.807) is 30.3 Å². The minimum atomic E-state index is -0.494. The number of nitro groups is 1. The third kappa shape index (κ3) is 5.30. The summed E-state index contributed by atoms with van der Waals surface area (Å²) in [7, 11) is 0. The lowest BCUT2D eigenvalue weighted by molar-refractivity contribution is -0.384. The Hall–Kier alpha value is -3.42. The number of para-hydroxylation sites is 2. The quantitative estimate of drug-likeness (QED) is 0.521.